The summed E-state index contributed by atoms with van der Waals surface area (Å²) in [5.41, 5.74) is 4.90. The summed E-state index contributed by atoms with van der Waals surface area (Å²) in [4.78, 5) is 29.8. The fraction of sp³-hybridized carbons (Fsp3) is 0.143. The van der Waals surface area contributed by atoms with Crippen molar-refractivity contribution >= 4 is 38.7 Å². The lowest BCUT2D eigenvalue weighted by molar-refractivity contribution is 0.101. The van der Waals surface area contributed by atoms with E-state index in [2.05, 4.69) is 15.4 Å². The van der Waals surface area contributed by atoms with E-state index in [1.54, 1.807) is 5.51 Å². The quantitative estimate of drug-likeness (QED) is 0.508. The molecule has 0 amide bonds. The van der Waals surface area contributed by atoms with Crippen LogP contribution >= 0.6 is 11.3 Å². The van der Waals surface area contributed by atoms with Crippen LogP contribution in [0.4, 0.5) is 11.4 Å². The maximum Gasteiger partial charge on any atom is 0.291 e. The number of anilines is 2. The standard InChI is InChI=1S/C21H18N4O2S/c1-3-25-21(27)20(23-15-9-10-16-17(11-15)28-12-22-16)18(13(2)26)19(24-25)14-7-5-4-6-8-14/h4-12,23H,3H2,1-2H3. The van der Waals surface area contributed by atoms with E-state index in [1.165, 1.54) is 22.9 Å². The first-order valence-electron chi connectivity index (χ1n) is 8.90. The van der Waals surface area contributed by atoms with Crippen LogP contribution in [0.15, 0.2) is 58.8 Å². The number of rotatable bonds is 5. The van der Waals surface area contributed by atoms with Crippen molar-refractivity contribution in [3.63, 3.8) is 0 Å². The van der Waals surface area contributed by atoms with E-state index in [9.17, 15) is 9.59 Å². The Bertz CT molecular complexity index is 1230. The smallest absolute Gasteiger partial charge is 0.291 e. The number of nitrogens with one attached hydrogen (secondary N) is 1. The van der Waals surface area contributed by atoms with Crippen LogP contribution < -0.4 is 10.9 Å². The fourth-order valence-electron chi connectivity index (χ4n) is 3.12. The van der Waals surface area contributed by atoms with Crippen molar-refractivity contribution in [2.45, 2.75) is 20.4 Å². The molecular formula is C21H18N4O2S. The Balaban J connectivity index is 1.93. The summed E-state index contributed by atoms with van der Waals surface area (Å²) in [5, 5.41) is 7.64. The van der Waals surface area contributed by atoms with E-state index in [-0.39, 0.29) is 17.0 Å². The molecule has 0 aliphatic rings. The van der Waals surface area contributed by atoms with Crippen LogP contribution in [-0.2, 0) is 6.54 Å². The van der Waals surface area contributed by atoms with Gasteiger partial charge in [-0.15, -0.1) is 11.3 Å². The molecule has 0 unspecified atom stereocenters. The Hall–Kier alpha value is -3.32. The van der Waals surface area contributed by atoms with Crippen LogP contribution in [0.1, 0.15) is 24.2 Å². The summed E-state index contributed by atoms with van der Waals surface area (Å²) in [6.45, 7) is 3.71. The zero-order valence-electron chi connectivity index (χ0n) is 15.5. The lowest BCUT2D eigenvalue weighted by Crippen LogP contribution is -2.28. The molecule has 0 fully saturated rings. The Kier molecular flexibility index (Phi) is 4.75. The second-order valence-electron chi connectivity index (χ2n) is 6.30. The highest BCUT2D eigenvalue weighted by Gasteiger charge is 2.22. The predicted molar refractivity (Wildman–Crippen MR) is 113 cm³/mol. The molecular weight excluding hydrogens is 372 g/mol. The van der Waals surface area contributed by atoms with Crippen molar-refractivity contribution in [2.75, 3.05) is 5.32 Å². The molecule has 4 aromatic rings. The molecule has 0 aliphatic heterocycles. The molecule has 1 N–H and O–H groups in total. The van der Waals surface area contributed by atoms with Crippen LogP contribution in [0.2, 0.25) is 0 Å². The molecule has 0 bridgehead atoms. The van der Waals surface area contributed by atoms with Crippen molar-refractivity contribution in [3.8, 4) is 11.3 Å². The molecule has 0 radical (unpaired) electrons. The summed E-state index contributed by atoms with van der Waals surface area (Å²) < 4.78 is 2.38. The van der Waals surface area contributed by atoms with E-state index >= 15 is 0 Å². The van der Waals surface area contributed by atoms with Crippen LogP contribution in [-0.4, -0.2) is 20.5 Å². The van der Waals surface area contributed by atoms with Crippen molar-refractivity contribution in [1.82, 2.24) is 14.8 Å². The number of hydrogen-bond acceptors (Lipinski definition) is 6. The summed E-state index contributed by atoms with van der Waals surface area (Å²) in [6.07, 6.45) is 0. The van der Waals surface area contributed by atoms with Crippen LogP contribution in [0, 0.1) is 0 Å². The highest BCUT2D eigenvalue weighted by atomic mass is 32.1. The van der Waals surface area contributed by atoms with Crippen molar-refractivity contribution in [3.05, 3.63) is 70.0 Å². The van der Waals surface area contributed by atoms with E-state index in [4.69, 9.17) is 0 Å². The summed E-state index contributed by atoms with van der Waals surface area (Å²) in [5.74, 6) is -0.215. The minimum Gasteiger partial charge on any atom is -0.350 e. The van der Waals surface area contributed by atoms with E-state index < -0.39 is 0 Å². The highest BCUT2D eigenvalue weighted by molar-refractivity contribution is 7.16. The number of hydrogen-bond donors (Lipinski definition) is 1. The number of aromatic nitrogens is 3. The van der Waals surface area contributed by atoms with Gasteiger partial charge in [0, 0.05) is 17.8 Å². The van der Waals surface area contributed by atoms with Gasteiger partial charge in [0.05, 0.1) is 21.3 Å². The first kappa shape index (κ1) is 18.1. The molecule has 28 heavy (non-hydrogen) atoms. The van der Waals surface area contributed by atoms with Gasteiger partial charge < -0.3 is 5.32 Å². The number of fused-ring (bicyclic) bond motifs is 1. The molecule has 4 rings (SSSR count). The Morgan fingerprint density at radius 2 is 1.96 bits per heavy atom. The largest absolute Gasteiger partial charge is 0.350 e. The second-order valence-corrected chi connectivity index (χ2v) is 7.19. The normalized spacial score (nSPS) is 10.9. The van der Waals surface area contributed by atoms with E-state index in [0.717, 1.165) is 21.5 Å². The summed E-state index contributed by atoms with van der Waals surface area (Å²) in [6, 6.07) is 15.1. The van der Waals surface area contributed by atoms with Gasteiger partial charge in [0.2, 0.25) is 0 Å². The number of aryl methyl sites for hydroxylation is 1. The lowest BCUT2D eigenvalue weighted by atomic mass is 10.0. The van der Waals surface area contributed by atoms with Crippen molar-refractivity contribution in [2.24, 2.45) is 0 Å². The van der Waals surface area contributed by atoms with Crippen LogP contribution in [0.3, 0.4) is 0 Å². The molecule has 2 heterocycles. The van der Waals surface area contributed by atoms with Gasteiger partial charge in [0.1, 0.15) is 11.4 Å². The molecule has 2 aromatic carbocycles. The molecule has 6 nitrogen and oxygen atoms in total. The first-order chi connectivity index (χ1) is 13.6. The molecule has 0 atom stereocenters. The topological polar surface area (TPSA) is 76.9 Å². The average molecular weight is 390 g/mol. The summed E-state index contributed by atoms with van der Waals surface area (Å²) in [7, 11) is 0. The Morgan fingerprint density at radius 1 is 1.18 bits per heavy atom. The van der Waals surface area contributed by atoms with Crippen LogP contribution in [0.25, 0.3) is 21.5 Å². The van der Waals surface area contributed by atoms with Crippen molar-refractivity contribution in [1.29, 1.82) is 0 Å². The number of carbonyl (C=O) groups is 1. The molecule has 0 saturated heterocycles. The predicted octanol–water partition coefficient (Wildman–Crippen LogP) is 4.49. The van der Waals surface area contributed by atoms with Gasteiger partial charge >= 0.3 is 0 Å². The van der Waals surface area contributed by atoms with E-state index in [1.807, 2.05) is 55.5 Å². The monoisotopic (exact) mass is 390 g/mol. The zero-order valence-corrected chi connectivity index (χ0v) is 16.3. The number of ketones is 1. The molecule has 2 aromatic heterocycles. The molecule has 140 valence electrons. The second kappa shape index (κ2) is 7.36. The third-order valence-corrected chi connectivity index (χ3v) is 5.25. The van der Waals surface area contributed by atoms with Gasteiger partial charge in [-0.3, -0.25) is 9.59 Å². The SMILES string of the molecule is CCn1nc(-c2ccccc2)c(C(C)=O)c(Nc2ccc3ncsc3c2)c1=O. The third kappa shape index (κ3) is 3.20. The van der Waals surface area contributed by atoms with Gasteiger partial charge in [-0.2, -0.15) is 5.10 Å². The third-order valence-electron chi connectivity index (χ3n) is 4.46. The number of thiazole rings is 1. The number of nitrogens with zero attached hydrogens (tertiary/aromatic N) is 3. The lowest BCUT2D eigenvalue weighted by Gasteiger charge is -2.16. The first-order valence-corrected chi connectivity index (χ1v) is 9.78. The van der Waals surface area contributed by atoms with E-state index in [0.29, 0.717) is 17.8 Å². The maximum atomic E-state index is 13.0. The van der Waals surface area contributed by atoms with Gasteiger partial charge in [-0.05, 0) is 32.0 Å². The van der Waals surface area contributed by atoms with Gasteiger partial charge in [-0.1, -0.05) is 30.3 Å². The Morgan fingerprint density at radius 3 is 2.68 bits per heavy atom. The number of Topliss-reactive ketones (excluding diaryl/α,β-unsaturated/α-hetero) is 1. The molecule has 0 aliphatic carbocycles. The van der Waals surface area contributed by atoms with Crippen LogP contribution in [0.5, 0.6) is 0 Å². The minimum atomic E-state index is -0.322. The Labute approximate surface area is 165 Å². The zero-order chi connectivity index (χ0) is 19.7. The van der Waals surface area contributed by atoms with Crippen molar-refractivity contribution < 1.29 is 4.79 Å². The van der Waals surface area contributed by atoms with Gasteiger partial charge in [0.15, 0.2) is 5.78 Å². The average Bonchev–Trinajstić information content (AvgIpc) is 3.17. The molecule has 0 spiro atoms. The number of carbonyl (C=O) groups excluding carboxylic acids is 1. The van der Waals surface area contributed by atoms with Gasteiger partial charge in [-0.25, -0.2) is 9.67 Å². The highest BCUT2D eigenvalue weighted by Crippen LogP contribution is 2.29. The fourth-order valence-corrected chi connectivity index (χ4v) is 3.84. The maximum absolute atomic E-state index is 13.0. The molecule has 0 saturated carbocycles. The number of benzene rings is 2. The molecule has 7 heteroatoms. The van der Waals surface area contributed by atoms with Gasteiger partial charge in [0.25, 0.3) is 5.56 Å². The minimum absolute atomic E-state index is 0.215. The summed E-state index contributed by atoms with van der Waals surface area (Å²) >= 11 is 1.52.